The van der Waals surface area contributed by atoms with Gasteiger partial charge in [-0.3, -0.25) is 0 Å². The summed E-state index contributed by atoms with van der Waals surface area (Å²) in [4.78, 5) is 4.67. The average molecular weight is 231 g/mol. The Bertz CT molecular complexity index is 526. The van der Waals surface area contributed by atoms with Crippen molar-refractivity contribution in [3.8, 4) is 0 Å². The molecule has 0 amide bonds. The summed E-state index contributed by atoms with van der Waals surface area (Å²) in [7, 11) is 0. The number of benzene rings is 1. The van der Waals surface area contributed by atoms with E-state index in [0.29, 0.717) is 0 Å². The highest BCUT2D eigenvalue weighted by molar-refractivity contribution is 5.80. The zero-order chi connectivity index (χ0) is 12.4. The van der Waals surface area contributed by atoms with Gasteiger partial charge in [-0.2, -0.15) is 0 Å². The van der Waals surface area contributed by atoms with E-state index in [0.717, 1.165) is 31.0 Å². The number of hydrogen-bond donors (Lipinski definition) is 1. The number of anilines is 1. The summed E-state index contributed by atoms with van der Waals surface area (Å²) >= 11 is 0. The van der Waals surface area contributed by atoms with E-state index >= 15 is 0 Å². The van der Waals surface area contributed by atoms with Crippen molar-refractivity contribution >= 4 is 17.0 Å². The van der Waals surface area contributed by atoms with Gasteiger partial charge in [0.2, 0.25) is 5.95 Å². The second kappa shape index (κ2) is 4.78. The molecular formula is C14H21N3. The molecular weight excluding hydrogens is 210 g/mol. The Hall–Kier alpha value is -1.51. The minimum Gasteiger partial charge on any atom is -0.356 e. The van der Waals surface area contributed by atoms with Gasteiger partial charge in [-0.25, -0.2) is 4.98 Å². The predicted octanol–water partition coefficient (Wildman–Crippen LogP) is 3.49. The third-order valence-corrected chi connectivity index (χ3v) is 3.15. The molecule has 0 atom stereocenters. The highest BCUT2D eigenvalue weighted by Crippen LogP contribution is 2.23. The first kappa shape index (κ1) is 12.0. The van der Waals surface area contributed by atoms with Crippen molar-refractivity contribution in [1.82, 2.24) is 9.55 Å². The van der Waals surface area contributed by atoms with Crippen LogP contribution in [0.3, 0.4) is 0 Å². The maximum atomic E-state index is 4.67. The summed E-state index contributed by atoms with van der Waals surface area (Å²) in [5.74, 6) is 0.995. The quantitative estimate of drug-likeness (QED) is 0.872. The summed E-state index contributed by atoms with van der Waals surface area (Å²) in [6.07, 6.45) is 1.12. The van der Waals surface area contributed by atoms with Gasteiger partial charge in [-0.1, -0.05) is 6.92 Å². The van der Waals surface area contributed by atoms with Crippen LogP contribution in [0.25, 0.3) is 11.0 Å². The largest absolute Gasteiger partial charge is 0.356 e. The van der Waals surface area contributed by atoms with Gasteiger partial charge < -0.3 is 9.88 Å². The van der Waals surface area contributed by atoms with Gasteiger partial charge in [-0.15, -0.1) is 0 Å². The van der Waals surface area contributed by atoms with Gasteiger partial charge in [0, 0.05) is 13.1 Å². The first-order chi connectivity index (χ1) is 8.17. The van der Waals surface area contributed by atoms with Crippen molar-refractivity contribution in [2.75, 3.05) is 11.9 Å². The molecule has 0 radical (unpaired) electrons. The predicted molar refractivity (Wildman–Crippen MR) is 73.7 cm³/mol. The molecule has 17 heavy (non-hydrogen) atoms. The lowest BCUT2D eigenvalue weighted by atomic mass is 10.1. The lowest BCUT2D eigenvalue weighted by Crippen LogP contribution is -2.06. The molecule has 2 rings (SSSR count). The van der Waals surface area contributed by atoms with Crippen molar-refractivity contribution in [1.29, 1.82) is 0 Å². The van der Waals surface area contributed by atoms with Gasteiger partial charge >= 0.3 is 0 Å². The Balaban J connectivity index is 2.62. The summed E-state index contributed by atoms with van der Waals surface area (Å²) in [5.41, 5.74) is 4.97. The van der Waals surface area contributed by atoms with E-state index in [1.165, 1.54) is 16.6 Å². The van der Waals surface area contributed by atoms with Gasteiger partial charge in [0.25, 0.3) is 0 Å². The molecule has 0 saturated carbocycles. The van der Waals surface area contributed by atoms with Crippen LogP contribution in [0, 0.1) is 13.8 Å². The van der Waals surface area contributed by atoms with Crippen LogP contribution >= 0.6 is 0 Å². The highest BCUT2D eigenvalue weighted by Gasteiger charge is 2.10. The minimum atomic E-state index is 0.908. The second-order valence-corrected chi connectivity index (χ2v) is 4.54. The molecule has 3 heteroatoms. The molecule has 3 nitrogen and oxygen atoms in total. The van der Waals surface area contributed by atoms with Crippen LogP contribution in [-0.4, -0.2) is 16.1 Å². The molecule has 1 aromatic carbocycles. The fraction of sp³-hybridized carbons (Fsp3) is 0.500. The van der Waals surface area contributed by atoms with Crippen LogP contribution in [0.5, 0.6) is 0 Å². The van der Waals surface area contributed by atoms with Gasteiger partial charge in [0.05, 0.1) is 11.0 Å². The maximum Gasteiger partial charge on any atom is 0.203 e. The summed E-state index contributed by atoms with van der Waals surface area (Å²) in [5, 5.41) is 3.34. The standard InChI is InChI=1S/C14H21N3/c1-5-7-17-13-9-11(4)10(3)8-12(13)16-14(17)15-6-2/h8-9H,5-7H2,1-4H3,(H,15,16). The van der Waals surface area contributed by atoms with Crippen LogP contribution in [-0.2, 0) is 6.54 Å². The molecule has 2 aromatic rings. The molecule has 1 aromatic heterocycles. The lowest BCUT2D eigenvalue weighted by Gasteiger charge is -2.08. The smallest absolute Gasteiger partial charge is 0.203 e. The summed E-state index contributed by atoms with van der Waals surface area (Å²) in [6.45, 7) is 10.5. The minimum absolute atomic E-state index is 0.908. The maximum absolute atomic E-state index is 4.67. The van der Waals surface area contributed by atoms with Crippen molar-refractivity contribution in [3.63, 3.8) is 0 Å². The number of aromatic nitrogens is 2. The van der Waals surface area contributed by atoms with E-state index in [2.05, 4.69) is 54.7 Å². The molecule has 0 spiro atoms. The first-order valence-electron chi connectivity index (χ1n) is 6.38. The van der Waals surface area contributed by atoms with Gasteiger partial charge in [0.15, 0.2) is 0 Å². The van der Waals surface area contributed by atoms with Crippen LogP contribution in [0.1, 0.15) is 31.4 Å². The van der Waals surface area contributed by atoms with E-state index < -0.39 is 0 Å². The van der Waals surface area contributed by atoms with Crippen LogP contribution in [0.15, 0.2) is 12.1 Å². The van der Waals surface area contributed by atoms with E-state index in [4.69, 9.17) is 0 Å². The second-order valence-electron chi connectivity index (χ2n) is 4.54. The SMILES string of the molecule is CCCn1c(NCC)nc2cc(C)c(C)cc21. The molecule has 0 unspecified atom stereocenters. The molecule has 1 N–H and O–H groups in total. The third-order valence-electron chi connectivity index (χ3n) is 3.15. The monoisotopic (exact) mass is 231 g/mol. The molecule has 0 aliphatic rings. The topological polar surface area (TPSA) is 29.9 Å². The van der Waals surface area contributed by atoms with Crippen molar-refractivity contribution in [2.45, 2.75) is 40.7 Å². The van der Waals surface area contributed by atoms with Crippen molar-refractivity contribution < 1.29 is 0 Å². The molecule has 92 valence electrons. The Morgan fingerprint density at radius 2 is 1.88 bits per heavy atom. The van der Waals surface area contributed by atoms with Crippen molar-refractivity contribution in [2.24, 2.45) is 0 Å². The molecule has 0 aliphatic heterocycles. The summed E-state index contributed by atoms with van der Waals surface area (Å²) < 4.78 is 2.28. The zero-order valence-corrected chi connectivity index (χ0v) is 11.2. The van der Waals surface area contributed by atoms with E-state index in [9.17, 15) is 0 Å². The molecule has 0 bridgehead atoms. The number of rotatable bonds is 4. The van der Waals surface area contributed by atoms with Gasteiger partial charge in [-0.05, 0) is 50.5 Å². The fourth-order valence-corrected chi connectivity index (χ4v) is 2.12. The van der Waals surface area contributed by atoms with E-state index in [-0.39, 0.29) is 0 Å². The Kier molecular flexibility index (Phi) is 3.36. The number of nitrogens with zero attached hydrogens (tertiary/aromatic N) is 2. The fourth-order valence-electron chi connectivity index (χ4n) is 2.12. The van der Waals surface area contributed by atoms with Crippen molar-refractivity contribution in [3.05, 3.63) is 23.3 Å². The molecule has 0 aliphatic carbocycles. The molecule has 0 saturated heterocycles. The number of aryl methyl sites for hydroxylation is 3. The highest BCUT2D eigenvalue weighted by atomic mass is 15.2. The Morgan fingerprint density at radius 3 is 2.53 bits per heavy atom. The van der Waals surface area contributed by atoms with Crippen LogP contribution in [0.4, 0.5) is 5.95 Å². The Labute approximate surface area is 103 Å². The molecule has 0 fully saturated rings. The number of imidazole rings is 1. The average Bonchev–Trinajstić information content (AvgIpc) is 2.59. The first-order valence-corrected chi connectivity index (χ1v) is 6.38. The lowest BCUT2D eigenvalue weighted by molar-refractivity contribution is 0.701. The van der Waals surface area contributed by atoms with Crippen LogP contribution in [0.2, 0.25) is 0 Å². The third kappa shape index (κ3) is 2.14. The van der Waals surface area contributed by atoms with E-state index in [1.807, 2.05) is 0 Å². The number of hydrogen-bond acceptors (Lipinski definition) is 2. The zero-order valence-electron chi connectivity index (χ0n) is 11.2. The number of fused-ring (bicyclic) bond motifs is 1. The van der Waals surface area contributed by atoms with Gasteiger partial charge in [0.1, 0.15) is 0 Å². The molecule has 1 heterocycles. The summed E-state index contributed by atoms with van der Waals surface area (Å²) in [6, 6.07) is 4.42. The van der Waals surface area contributed by atoms with E-state index in [1.54, 1.807) is 0 Å². The number of nitrogens with one attached hydrogen (secondary N) is 1. The van der Waals surface area contributed by atoms with Crippen LogP contribution < -0.4 is 5.32 Å². The normalized spacial score (nSPS) is 11.1. The Morgan fingerprint density at radius 1 is 1.18 bits per heavy atom.